The molecule has 5 aromatic heterocycles. The summed E-state index contributed by atoms with van der Waals surface area (Å²) in [5.41, 5.74) is 14.1. The third-order valence-electron chi connectivity index (χ3n) is 14.1. The molecule has 0 spiro atoms. The Labute approximate surface area is 400 Å². The highest BCUT2D eigenvalue weighted by atomic mass is 16.3. The van der Waals surface area contributed by atoms with Gasteiger partial charge in [-0.15, -0.1) is 0 Å². The Morgan fingerprint density at radius 1 is 0.314 bits per heavy atom. The van der Waals surface area contributed by atoms with E-state index in [4.69, 9.17) is 19.4 Å². The molecular formula is C63H38N6O. The number of rotatable bonds is 6. The van der Waals surface area contributed by atoms with Crippen LogP contribution in [0.1, 0.15) is 0 Å². The van der Waals surface area contributed by atoms with Crippen LogP contribution >= 0.6 is 0 Å². The van der Waals surface area contributed by atoms with Crippen LogP contribution in [0.4, 0.5) is 0 Å². The van der Waals surface area contributed by atoms with Crippen molar-refractivity contribution in [2.45, 2.75) is 0 Å². The van der Waals surface area contributed by atoms with E-state index in [-0.39, 0.29) is 0 Å². The zero-order valence-corrected chi connectivity index (χ0v) is 37.5. The second-order valence-corrected chi connectivity index (χ2v) is 17.9. The van der Waals surface area contributed by atoms with Crippen molar-refractivity contribution in [1.29, 1.82) is 0 Å². The van der Waals surface area contributed by atoms with E-state index in [0.717, 1.165) is 110 Å². The van der Waals surface area contributed by atoms with Crippen molar-refractivity contribution in [2.75, 3.05) is 0 Å². The van der Waals surface area contributed by atoms with Gasteiger partial charge in [0.1, 0.15) is 11.2 Å². The number of furan rings is 1. The zero-order valence-electron chi connectivity index (χ0n) is 37.5. The molecule has 0 atom stereocenters. The molecule has 15 aromatic rings. The summed E-state index contributed by atoms with van der Waals surface area (Å²) in [6.45, 7) is 0. The van der Waals surface area contributed by atoms with E-state index in [1.54, 1.807) is 0 Å². The summed E-state index contributed by atoms with van der Waals surface area (Å²) >= 11 is 0. The Morgan fingerprint density at radius 3 is 1.51 bits per heavy atom. The lowest BCUT2D eigenvalue weighted by atomic mass is 9.99. The predicted octanol–water partition coefficient (Wildman–Crippen LogP) is 16.1. The van der Waals surface area contributed by atoms with Crippen molar-refractivity contribution in [1.82, 2.24) is 28.7 Å². The molecule has 0 radical (unpaired) electrons. The molecule has 0 fully saturated rings. The Balaban J connectivity index is 1.02. The average molecular weight is 895 g/mol. The highest BCUT2D eigenvalue weighted by molar-refractivity contribution is 6.24. The van der Waals surface area contributed by atoms with Gasteiger partial charge in [-0.25, -0.2) is 4.98 Å². The van der Waals surface area contributed by atoms with E-state index >= 15 is 0 Å². The fourth-order valence-corrected chi connectivity index (χ4v) is 11.1. The van der Waals surface area contributed by atoms with Crippen molar-refractivity contribution in [3.63, 3.8) is 0 Å². The molecule has 0 aliphatic heterocycles. The molecule has 0 unspecified atom stereocenters. The SMILES string of the molecule is c1ccc(-c2cccc3oc4cc(-c5nc(-c6ccccc6-n6c7ccccc7c7ccc8c9ccccc9n(-c9ccccc9)c8c76)nc(-n6c7ccccc7c7ccccc76)n5)ccc4c23)cc1. The van der Waals surface area contributed by atoms with E-state index in [9.17, 15) is 0 Å². The highest BCUT2D eigenvalue weighted by Crippen LogP contribution is 2.44. The molecule has 0 bridgehead atoms. The van der Waals surface area contributed by atoms with Gasteiger partial charge in [0, 0.05) is 59.9 Å². The van der Waals surface area contributed by atoms with Gasteiger partial charge in [-0.3, -0.25) is 4.57 Å². The summed E-state index contributed by atoms with van der Waals surface area (Å²) in [4.78, 5) is 16.4. The Kier molecular flexibility index (Phi) is 8.23. The van der Waals surface area contributed by atoms with Gasteiger partial charge >= 0.3 is 0 Å². The number of nitrogens with zero attached hydrogens (tertiary/aromatic N) is 6. The smallest absolute Gasteiger partial charge is 0.238 e. The van der Waals surface area contributed by atoms with E-state index in [1.165, 1.54) is 10.8 Å². The molecule has 5 heterocycles. The minimum absolute atomic E-state index is 0.525. The number of hydrogen-bond donors (Lipinski definition) is 0. The molecule has 15 rings (SSSR count). The van der Waals surface area contributed by atoms with Crippen molar-refractivity contribution < 1.29 is 4.42 Å². The summed E-state index contributed by atoms with van der Waals surface area (Å²) in [5.74, 6) is 1.61. The van der Waals surface area contributed by atoms with Crippen LogP contribution in [0, 0.1) is 0 Å². The quantitative estimate of drug-likeness (QED) is 0.167. The minimum atomic E-state index is 0.525. The van der Waals surface area contributed by atoms with Gasteiger partial charge in [0.25, 0.3) is 0 Å². The van der Waals surface area contributed by atoms with Crippen molar-refractivity contribution >= 4 is 87.4 Å². The highest BCUT2D eigenvalue weighted by Gasteiger charge is 2.25. The number of fused-ring (bicyclic) bond motifs is 13. The topological polar surface area (TPSA) is 66.6 Å². The summed E-state index contributed by atoms with van der Waals surface area (Å²) in [7, 11) is 0. The summed E-state index contributed by atoms with van der Waals surface area (Å²) in [5, 5.41) is 9.08. The van der Waals surface area contributed by atoms with Crippen LogP contribution in [0.25, 0.3) is 139 Å². The fraction of sp³-hybridized carbons (Fsp3) is 0. The van der Waals surface area contributed by atoms with Crippen LogP contribution in [-0.4, -0.2) is 28.7 Å². The molecule has 7 heteroatoms. The van der Waals surface area contributed by atoms with Crippen LogP contribution in [0.3, 0.4) is 0 Å². The number of benzene rings is 10. The van der Waals surface area contributed by atoms with Crippen LogP contribution in [0.2, 0.25) is 0 Å². The van der Waals surface area contributed by atoms with Crippen LogP contribution in [0.5, 0.6) is 0 Å². The van der Waals surface area contributed by atoms with Gasteiger partial charge in [0.2, 0.25) is 5.95 Å². The van der Waals surface area contributed by atoms with Crippen LogP contribution in [0.15, 0.2) is 235 Å². The molecule has 0 saturated heterocycles. The van der Waals surface area contributed by atoms with Crippen LogP contribution < -0.4 is 0 Å². The maximum atomic E-state index is 6.68. The van der Waals surface area contributed by atoms with Gasteiger partial charge in [-0.1, -0.05) is 164 Å². The van der Waals surface area contributed by atoms with E-state index in [0.29, 0.717) is 17.6 Å². The minimum Gasteiger partial charge on any atom is -0.456 e. The number of hydrogen-bond acceptors (Lipinski definition) is 4. The van der Waals surface area contributed by atoms with Gasteiger partial charge in [0.15, 0.2) is 11.6 Å². The first kappa shape index (κ1) is 38.5. The Hall–Kier alpha value is -9.59. The largest absolute Gasteiger partial charge is 0.456 e. The van der Waals surface area contributed by atoms with Gasteiger partial charge < -0.3 is 13.6 Å². The molecular weight excluding hydrogens is 857 g/mol. The van der Waals surface area contributed by atoms with E-state index in [2.05, 4.69) is 232 Å². The standard InChI is InChI=1S/C63H38N6O/c1-3-18-39(19-4-1)42-27-17-33-56-58(42)50-35-34-40(38-57(50)70-56)61-64-62(66-63(65-61)69-53-30-14-7-22-43(53)44-23-8-15-31-54(44)69)49-26-11-16-32-55(49)68-52-29-13-10-25-46(52)48-37-36-47-45-24-9-12-28-51(45)67(59(47)60(48)68)41-20-5-2-6-21-41/h1-38H. The van der Waals surface area contributed by atoms with E-state index in [1.807, 2.05) is 12.1 Å². The summed E-state index contributed by atoms with van der Waals surface area (Å²) < 4.78 is 13.7. The third kappa shape index (κ3) is 5.60. The first-order valence-electron chi connectivity index (χ1n) is 23.6. The van der Waals surface area contributed by atoms with Crippen molar-refractivity contribution in [3.05, 3.63) is 231 Å². The van der Waals surface area contributed by atoms with Crippen molar-refractivity contribution in [3.8, 4) is 51.2 Å². The fourth-order valence-electron chi connectivity index (χ4n) is 11.1. The molecule has 326 valence electrons. The molecule has 0 N–H and O–H groups in total. The molecule has 7 nitrogen and oxygen atoms in total. The summed E-state index contributed by atoms with van der Waals surface area (Å²) in [6, 6.07) is 81.3. The van der Waals surface area contributed by atoms with Gasteiger partial charge in [0.05, 0.1) is 38.8 Å². The maximum absolute atomic E-state index is 6.68. The monoisotopic (exact) mass is 894 g/mol. The molecule has 0 amide bonds. The third-order valence-corrected chi connectivity index (χ3v) is 14.1. The molecule has 0 saturated carbocycles. The average Bonchev–Trinajstić information content (AvgIpc) is 4.17. The second kappa shape index (κ2) is 15.0. The number of para-hydroxylation sites is 6. The first-order chi connectivity index (χ1) is 34.7. The molecule has 0 aliphatic carbocycles. The normalized spacial score (nSPS) is 12.0. The Morgan fingerprint density at radius 2 is 0.829 bits per heavy atom. The summed E-state index contributed by atoms with van der Waals surface area (Å²) in [6.07, 6.45) is 0. The zero-order chi connectivity index (χ0) is 45.9. The van der Waals surface area contributed by atoms with Crippen LogP contribution in [-0.2, 0) is 0 Å². The first-order valence-corrected chi connectivity index (χ1v) is 23.6. The maximum Gasteiger partial charge on any atom is 0.238 e. The molecule has 0 aliphatic rings. The van der Waals surface area contributed by atoms with Gasteiger partial charge in [-0.05, 0) is 77.9 Å². The van der Waals surface area contributed by atoms with E-state index < -0.39 is 0 Å². The number of aromatic nitrogens is 6. The molecule has 10 aromatic carbocycles. The van der Waals surface area contributed by atoms with Gasteiger partial charge in [-0.2, -0.15) is 9.97 Å². The Bertz CT molecular complexity index is 4540. The van der Waals surface area contributed by atoms with Crippen molar-refractivity contribution in [2.24, 2.45) is 0 Å². The lowest BCUT2D eigenvalue weighted by Gasteiger charge is -2.16. The molecule has 70 heavy (non-hydrogen) atoms. The lowest BCUT2D eigenvalue weighted by molar-refractivity contribution is 0.669. The predicted molar refractivity (Wildman–Crippen MR) is 286 cm³/mol. The second-order valence-electron chi connectivity index (χ2n) is 17.9. The lowest BCUT2D eigenvalue weighted by Crippen LogP contribution is -2.08.